The minimum absolute atomic E-state index is 0.0982. The Morgan fingerprint density at radius 3 is 0.984 bits per heavy atom. The summed E-state index contributed by atoms with van der Waals surface area (Å²) in [5.74, 6) is -0.956. The first-order valence-corrected chi connectivity index (χ1v) is 26.2. The molecule has 0 saturated heterocycles. The molecule has 0 radical (unpaired) electrons. The summed E-state index contributed by atoms with van der Waals surface area (Å²) in [5.41, 5.74) is 0. The Morgan fingerprint density at radius 2 is 0.609 bits per heavy atom. The fraction of sp³-hybridized carbons (Fsp3) is 0.672. The summed E-state index contributed by atoms with van der Waals surface area (Å²) < 4.78 is 16.8. The molecule has 0 aromatic heterocycles. The topological polar surface area (TPSA) is 78.9 Å². The standard InChI is InChI=1S/C58H96O6/c1-4-7-10-13-16-19-22-25-27-28-29-30-32-33-36-39-42-45-48-51-57(60)63-54-55(53-62-56(59)50-47-44-41-38-35-24-21-18-15-12-9-6-3)64-58(61)52-49-46-43-40-37-34-31-26-23-20-17-14-11-8-5-2/h7-8,10-11,16-17,19-20,25-27,29-31,37,40,55H,4-6,9,12-15,18,21-24,28,32-36,38-39,41-54H2,1-3H3/b10-7-,11-8-,19-16-,20-17-,27-25-,30-29-,31-26-,40-37-. The number of unbranched alkanes of at least 4 members (excludes halogenated alkanes) is 19. The van der Waals surface area contributed by atoms with Crippen molar-refractivity contribution in [2.45, 2.75) is 239 Å². The molecular formula is C58H96O6. The lowest BCUT2D eigenvalue weighted by Crippen LogP contribution is -2.30. The number of ether oxygens (including phenoxy) is 3. The van der Waals surface area contributed by atoms with Crippen molar-refractivity contribution in [3.8, 4) is 0 Å². The van der Waals surface area contributed by atoms with E-state index in [-0.39, 0.29) is 37.5 Å². The van der Waals surface area contributed by atoms with Gasteiger partial charge in [-0.2, -0.15) is 0 Å². The Labute approximate surface area is 394 Å². The predicted octanol–water partition coefficient (Wildman–Crippen LogP) is 17.4. The molecule has 0 N–H and O–H groups in total. The van der Waals surface area contributed by atoms with Crippen LogP contribution < -0.4 is 0 Å². The molecule has 0 heterocycles. The third-order valence-corrected chi connectivity index (χ3v) is 10.8. The van der Waals surface area contributed by atoms with Crippen molar-refractivity contribution < 1.29 is 28.6 Å². The van der Waals surface area contributed by atoms with Gasteiger partial charge < -0.3 is 14.2 Å². The summed E-state index contributed by atoms with van der Waals surface area (Å²) in [6, 6.07) is 0. The van der Waals surface area contributed by atoms with E-state index in [9.17, 15) is 14.4 Å². The Bertz CT molecular complexity index is 1300. The molecule has 1 unspecified atom stereocenters. The summed E-state index contributed by atoms with van der Waals surface area (Å²) in [5, 5.41) is 0. The van der Waals surface area contributed by atoms with Gasteiger partial charge in [0.2, 0.25) is 0 Å². The molecule has 1 atom stereocenters. The SMILES string of the molecule is CC/C=C\C/C=C\C/C=C\C/C=C\CCCCCCCCC(=O)OCC(COC(=O)CCCCCCCCCCCCCC)OC(=O)CCCC/C=C\C/C=C\C/C=C\C/C=C\CC. The van der Waals surface area contributed by atoms with Gasteiger partial charge in [0.25, 0.3) is 0 Å². The molecule has 64 heavy (non-hydrogen) atoms. The maximum atomic E-state index is 12.8. The maximum absolute atomic E-state index is 12.8. The minimum Gasteiger partial charge on any atom is -0.462 e. The first-order chi connectivity index (χ1) is 31.5. The molecule has 0 bridgehead atoms. The molecule has 6 nitrogen and oxygen atoms in total. The van der Waals surface area contributed by atoms with Crippen LogP contribution in [0, 0.1) is 0 Å². The van der Waals surface area contributed by atoms with Crippen molar-refractivity contribution >= 4 is 17.9 Å². The summed E-state index contributed by atoms with van der Waals surface area (Å²) in [4.78, 5) is 38.0. The van der Waals surface area contributed by atoms with Crippen LogP contribution in [0.3, 0.4) is 0 Å². The van der Waals surface area contributed by atoms with Crippen LogP contribution in [0.2, 0.25) is 0 Å². The third kappa shape index (κ3) is 49.3. The molecule has 0 rings (SSSR count). The van der Waals surface area contributed by atoms with Gasteiger partial charge in [-0.15, -0.1) is 0 Å². The molecule has 0 fully saturated rings. The molecule has 6 heteroatoms. The van der Waals surface area contributed by atoms with Crippen LogP contribution in [0.25, 0.3) is 0 Å². The molecule has 364 valence electrons. The largest absolute Gasteiger partial charge is 0.462 e. The Balaban J connectivity index is 4.46. The quantitative estimate of drug-likeness (QED) is 0.0262. The van der Waals surface area contributed by atoms with Crippen LogP contribution in [-0.4, -0.2) is 37.2 Å². The summed E-state index contributed by atoms with van der Waals surface area (Å²) in [6.07, 6.45) is 68.2. The van der Waals surface area contributed by atoms with Crippen molar-refractivity contribution in [2.24, 2.45) is 0 Å². The summed E-state index contributed by atoms with van der Waals surface area (Å²) >= 11 is 0. The first kappa shape index (κ1) is 60.3. The van der Waals surface area contributed by atoms with Gasteiger partial charge in [-0.25, -0.2) is 0 Å². The lowest BCUT2D eigenvalue weighted by molar-refractivity contribution is -0.167. The average molecular weight is 889 g/mol. The number of allylic oxidation sites excluding steroid dienone is 16. The van der Waals surface area contributed by atoms with Crippen molar-refractivity contribution in [1.29, 1.82) is 0 Å². The highest BCUT2D eigenvalue weighted by Crippen LogP contribution is 2.14. The van der Waals surface area contributed by atoms with E-state index in [1.54, 1.807) is 0 Å². The van der Waals surface area contributed by atoms with Crippen LogP contribution in [0.4, 0.5) is 0 Å². The second-order valence-electron chi connectivity index (χ2n) is 17.0. The van der Waals surface area contributed by atoms with Crippen molar-refractivity contribution in [2.75, 3.05) is 13.2 Å². The fourth-order valence-corrected chi connectivity index (χ4v) is 6.95. The Morgan fingerprint density at radius 1 is 0.328 bits per heavy atom. The van der Waals surface area contributed by atoms with E-state index in [0.29, 0.717) is 19.3 Å². The minimum atomic E-state index is -0.804. The highest BCUT2D eigenvalue weighted by Gasteiger charge is 2.19. The molecule has 0 amide bonds. The smallest absolute Gasteiger partial charge is 0.306 e. The number of hydrogen-bond donors (Lipinski definition) is 0. The van der Waals surface area contributed by atoms with Gasteiger partial charge in [0, 0.05) is 19.3 Å². The number of rotatable bonds is 46. The van der Waals surface area contributed by atoms with Crippen LogP contribution in [0.5, 0.6) is 0 Å². The molecule has 0 saturated carbocycles. The highest BCUT2D eigenvalue weighted by molar-refractivity contribution is 5.71. The normalized spacial score (nSPS) is 12.9. The zero-order valence-electron chi connectivity index (χ0n) is 41.5. The van der Waals surface area contributed by atoms with Gasteiger partial charge in [0.15, 0.2) is 6.10 Å². The van der Waals surface area contributed by atoms with Crippen molar-refractivity contribution in [3.63, 3.8) is 0 Å². The van der Waals surface area contributed by atoms with E-state index in [2.05, 4.69) is 118 Å². The zero-order valence-corrected chi connectivity index (χ0v) is 41.5. The number of hydrogen-bond acceptors (Lipinski definition) is 6. The van der Waals surface area contributed by atoms with E-state index in [4.69, 9.17) is 14.2 Å². The Hall–Kier alpha value is -3.67. The van der Waals surface area contributed by atoms with Gasteiger partial charge in [0.05, 0.1) is 0 Å². The molecule has 0 aromatic carbocycles. The number of esters is 3. The molecule has 0 aromatic rings. The lowest BCUT2D eigenvalue weighted by Gasteiger charge is -2.18. The molecule has 0 spiro atoms. The average Bonchev–Trinajstić information content (AvgIpc) is 3.29. The lowest BCUT2D eigenvalue weighted by atomic mass is 10.0. The number of carbonyl (C=O) groups is 3. The van der Waals surface area contributed by atoms with E-state index < -0.39 is 6.10 Å². The third-order valence-electron chi connectivity index (χ3n) is 10.8. The number of carbonyl (C=O) groups excluding carboxylic acids is 3. The monoisotopic (exact) mass is 889 g/mol. The molecule has 0 aliphatic heterocycles. The van der Waals surface area contributed by atoms with Crippen LogP contribution in [-0.2, 0) is 28.6 Å². The highest BCUT2D eigenvalue weighted by atomic mass is 16.6. The molecular weight excluding hydrogens is 793 g/mol. The Kier molecular flexibility index (Phi) is 49.0. The second kappa shape index (κ2) is 52.0. The predicted molar refractivity (Wildman–Crippen MR) is 274 cm³/mol. The fourth-order valence-electron chi connectivity index (χ4n) is 6.95. The zero-order chi connectivity index (χ0) is 46.5. The van der Waals surface area contributed by atoms with Crippen LogP contribution >= 0.6 is 0 Å². The molecule has 0 aliphatic carbocycles. The van der Waals surface area contributed by atoms with Gasteiger partial charge in [-0.05, 0) is 96.3 Å². The van der Waals surface area contributed by atoms with Gasteiger partial charge in [-0.1, -0.05) is 214 Å². The van der Waals surface area contributed by atoms with Crippen molar-refractivity contribution in [3.05, 3.63) is 97.2 Å². The van der Waals surface area contributed by atoms with Crippen LogP contribution in [0.15, 0.2) is 97.2 Å². The van der Waals surface area contributed by atoms with E-state index in [1.165, 1.54) is 70.6 Å². The molecule has 0 aliphatic rings. The van der Waals surface area contributed by atoms with E-state index >= 15 is 0 Å². The first-order valence-electron chi connectivity index (χ1n) is 26.2. The maximum Gasteiger partial charge on any atom is 0.306 e. The van der Waals surface area contributed by atoms with E-state index in [1.807, 2.05) is 0 Å². The summed E-state index contributed by atoms with van der Waals surface area (Å²) in [7, 11) is 0. The van der Waals surface area contributed by atoms with Gasteiger partial charge in [-0.3, -0.25) is 14.4 Å². The van der Waals surface area contributed by atoms with E-state index in [0.717, 1.165) is 116 Å². The van der Waals surface area contributed by atoms with Crippen LogP contribution in [0.1, 0.15) is 233 Å². The van der Waals surface area contributed by atoms with Gasteiger partial charge >= 0.3 is 17.9 Å². The summed E-state index contributed by atoms with van der Waals surface area (Å²) in [6.45, 7) is 6.36. The van der Waals surface area contributed by atoms with Gasteiger partial charge in [0.1, 0.15) is 13.2 Å². The van der Waals surface area contributed by atoms with Crippen molar-refractivity contribution in [1.82, 2.24) is 0 Å². The second-order valence-corrected chi connectivity index (χ2v) is 17.0.